The number of hydrogen-bond acceptors (Lipinski definition) is 3. The molecule has 0 spiro atoms. The van der Waals surface area contributed by atoms with Gasteiger partial charge in [-0.1, -0.05) is 47.5 Å². The zero-order valence-corrected chi connectivity index (χ0v) is 16.8. The lowest BCUT2D eigenvalue weighted by atomic mass is 10.2. The Hall–Kier alpha value is -2.01. The molecular formula is C21H23Cl2N3O. The van der Waals surface area contributed by atoms with E-state index in [9.17, 15) is 4.79 Å². The Morgan fingerprint density at radius 2 is 1.70 bits per heavy atom. The van der Waals surface area contributed by atoms with Crippen LogP contribution in [-0.2, 0) is 4.79 Å². The summed E-state index contributed by atoms with van der Waals surface area (Å²) in [5.41, 5.74) is 2.94. The third-order valence-corrected chi connectivity index (χ3v) is 5.01. The van der Waals surface area contributed by atoms with Crippen LogP contribution >= 0.6 is 23.2 Å². The molecule has 6 heteroatoms. The van der Waals surface area contributed by atoms with E-state index >= 15 is 0 Å². The monoisotopic (exact) mass is 403 g/mol. The average molecular weight is 404 g/mol. The van der Waals surface area contributed by atoms with E-state index in [-0.39, 0.29) is 5.91 Å². The number of anilines is 2. The normalized spacial score (nSPS) is 15.3. The molecule has 0 aliphatic carbocycles. The second-order valence-corrected chi connectivity index (χ2v) is 7.46. The summed E-state index contributed by atoms with van der Waals surface area (Å²) in [6, 6.07) is 13.4. The summed E-state index contributed by atoms with van der Waals surface area (Å²) < 4.78 is 0. The van der Waals surface area contributed by atoms with Crippen molar-refractivity contribution in [2.75, 3.05) is 42.9 Å². The van der Waals surface area contributed by atoms with E-state index in [4.69, 9.17) is 23.2 Å². The molecular weight excluding hydrogens is 381 g/mol. The van der Waals surface area contributed by atoms with Crippen LogP contribution in [0.1, 0.15) is 12.5 Å². The van der Waals surface area contributed by atoms with E-state index in [2.05, 4.69) is 27.3 Å². The Morgan fingerprint density at radius 3 is 2.37 bits per heavy atom. The summed E-state index contributed by atoms with van der Waals surface area (Å²) in [5, 5.41) is 4.32. The number of nitrogens with one attached hydrogen (secondary N) is 1. The van der Waals surface area contributed by atoms with Crippen LogP contribution in [-0.4, -0.2) is 43.5 Å². The number of hydrogen-bond donors (Lipinski definition) is 1. The minimum atomic E-state index is -0.0791. The molecule has 0 saturated carbocycles. The maximum Gasteiger partial charge on any atom is 0.221 e. The zero-order valence-electron chi connectivity index (χ0n) is 15.3. The van der Waals surface area contributed by atoms with Crippen molar-refractivity contribution < 1.29 is 4.79 Å². The molecule has 1 N–H and O–H groups in total. The quantitative estimate of drug-likeness (QED) is 0.779. The fourth-order valence-corrected chi connectivity index (χ4v) is 3.44. The predicted molar refractivity (Wildman–Crippen MR) is 115 cm³/mol. The van der Waals surface area contributed by atoms with Crippen molar-refractivity contribution in [2.45, 2.75) is 6.92 Å². The van der Waals surface area contributed by atoms with Crippen molar-refractivity contribution in [1.82, 2.24) is 4.90 Å². The van der Waals surface area contributed by atoms with Crippen molar-refractivity contribution >= 4 is 46.6 Å². The first-order valence-corrected chi connectivity index (χ1v) is 9.73. The number of nitrogens with zero attached hydrogens (tertiary/aromatic N) is 2. The molecule has 4 nitrogen and oxygen atoms in total. The van der Waals surface area contributed by atoms with Gasteiger partial charge in [-0.05, 0) is 35.9 Å². The average Bonchev–Trinajstić information content (AvgIpc) is 2.65. The van der Waals surface area contributed by atoms with Gasteiger partial charge in [-0.3, -0.25) is 9.69 Å². The Labute approximate surface area is 170 Å². The minimum Gasteiger partial charge on any atom is -0.367 e. The maximum atomic E-state index is 11.5. The van der Waals surface area contributed by atoms with Gasteiger partial charge in [-0.2, -0.15) is 0 Å². The highest BCUT2D eigenvalue weighted by Crippen LogP contribution is 2.30. The molecule has 2 aromatic carbocycles. The Kier molecular flexibility index (Phi) is 6.78. The molecule has 1 amide bonds. The van der Waals surface area contributed by atoms with Crippen molar-refractivity contribution in [3.63, 3.8) is 0 Å². The summed E-state index contributed by atoms with van der Waals surface area (Å²) in [7, 11) is 0. The molecule has 1 heterocycles. The molecule has 0 radical (unpaired) electrons. The van der Waals surface area contributed by atoms with Crippen LogP contribution < -0.4 is 10.2 Å². The number of amides is 1. The third kappa shape index (κ3) is 5.73. The number of carbonyl (C=O) groups is 1. The van der Waals surface area contributed by atoms with Gasteiger partial charge in [-0.15, -0.1) is 0 Å². The summed E-state index contributed by atoms with van der Waals surface area (Å²) in [5.74, 6) is -0.0791. The van der Waals surface area contributed by atoms with Gasteiger partial charge in [0.15, 0.2) is 0 Å². The Morgan fingerprint density at radius 1 is 1.04 bits per heavy atom. The van der Waals surface area contributed by atoms with E-state index in [0.717, 1.165) is 54.7 Å². The first-order chi connectivity index (χ1) is 13.0. The third-order valence-electron chi connectivity index (χ3n) is 4.53. The van der Waals surface area contributed by atoms with Crippen molar-refractivity contribution in [3.8, 4) is 0 Å². The molecule has 0 atom stereocenters. The van der Waals surface area contributed by atoms with E-state index in [0.29, 0.717) is 5.02 Å². The Bertz CT molecular complexity index is 813. The first-order valence-electron chi connectivity index (χ1n) is 8.98. The number of rotatable bonds is 5. The summed E-state index contributed by atoms with van der Waals surface area (Å²) in [6.45, 7) is 6.12. The van der Waals surface area contributed by atoms with Crippen molar-refractivity contribution in [1.29, 1.82) is 0 Å². The predicted octanol–water partition coefficient (Wildman–Crippen LogP) is 4.79. The highest BCUT2D eigenvalue weighted by Gasteiger charge is 2.19. The van der Waals surface area contributed by atoms with Gasteiger partial charge in [-0.25, -0.2) is 0 Å². The zero-order chi connectivity index (χ0) is 19.2. The summed E-state index contributed by atoms with van der Waals surface area (Å²) in [6.07, 6.45) is 4.30. The van der Waals surface area contributed by atoms with E-state index in [1.807, 2.05) is 36.4 Å². The molecule has 0 aromatic heterocycles. The van der Waals surface area contributed by atoms with Crippen LogP contribution in [0, 0.1) is 0 Å². The molecule has 1 aliphatic rings. The molecule has 0 unspecified atom stereocenters. The number of benzene rings is 2. The molecule has 27 heavy (non-hydrogen) atoms. The lowest BCUT2D eigenvalue weighted by Crippen LogP contribution is -2.46. The van der Waals surface area contributed by atoms with Crippen LogP contribution in [0.25, 0.3) is 6.08 Å². The fourth-order valence-electron chi connectivity index (χ4n) is 3.14. The van der Waals surface area contributed by atoms with Crippen molar-refractivity contribution in [3.05, 3.63) is 64.1 Å². The number of carbonyl (C=O) groups excluding carboxylic acids is 1. The topological polar surface area (TPSA) is 35.6 Å². The van der Waals surface area contributed by atoms with Crippen LogP contribution in [0.15, 0.2) is 48.5 Å². The SMILES string of the molecule is CC(=O)Nc1ccc(Cl)cc1N1CCN(C/C=C/c2ccc(Cl)cc2)CC1. The largest absolute Gasteiger partial charge is 0.367 e. The van der Waals surface area contributed by atoms with Gasteiger partial charge >= 0.3 is 0 Å². The highest BCUT2D eigenvalue weighted by molar-refractivity contribution is 6.31. The molecule has 3 rings (SSSR count). The highest BCUT2D eigenvalue weighted by atomic mass is 35.5. The standard InChI is InChI=1S/C21H23Cl2N3O/c1-16(27)24-20-9-8-19(23)15-21(20)26-13-11-25(12-14-26)10-2-3-17-4-6-18(22)7-5-17/h2-9,15H,10-14H2,1H3,(H,24,27)/b3-2+. The molecule has 1 saturated heterocycles. The van der Waals surface area contributed by atoms with Gasteiger partial charge in [0.2, 0.25) is 5.91 Å². The summed E-state index contributed by atoms with van der Waals surface area (Å²) >= 11 is 12.1. The van der Waals surface area contributed by atoms with E-state index in [1.165, 1.54) is 6.92 Å². The lowest BCUT2D eigenvalue weighted by molar-refractivity contribution is -0.114. The number of piperazine rings is 1. The Balaban J connectivity index is 1.56. The molecule has 1 aliphatic heterocycles. The van der Waals surface area contributed by atoms with Gasteiger partial charge < -0.3 is 10.2 Å². The molecule has 142 valence electrons. The maximum absolute atomic E-state index is 11.5. The lowest BCUT2D eigenvalue weighted by Gasteiger charge is -2.36. The van der Waals surface area contributed by atoms with Gasteiger partial charge in [0.25, 0.3) is 0 Å². The fraction of sp³-hybridized carbons (Fsp3) is 0.286. The van der Waals surface area contributed by atoms with Gasteiger partial charge in [0.05, 0.1) is 11.4 Å². The van der Waals surface area contributed by atoms with Crippen LogP contribution in [0.4, 0.5) is 11.4 Å². The number of halogens is 2. The van der Waals surface area contributed by atoms with Crippen LogP contribution in [0.5, 0.6) is 0 Å². The van der Waals surface area contributed by atoms with E-state index in [1.54, 1.807) is 6.07 Å². The molecule has 0 bridgehead atoms. The first kappa shape index (κ1) is 19.7. The second kappa shape index (κ2) is 9.27. The smallest absolute Gasteiger partial charge is 0.221 e. The molecule has 1 fully saturated rings. The summed E-state index contributed by atoms with van der Waals surface area (Å²) in [4.78, 5) is 16.1. The van der Waals surface area contributed by atoms with Crippen LogP contribution in [0.2, 0.25) is 10.0 Å². The van der Waals surface area contributed by atoms with Gasteiger partial charge in [0.1, 0.15) is 0 Å². The second-order valence-electron chi connectivity index (χ2n) is 6.58. The van der Waals surface area contributed by atoms with Crippen molar-refractivity contribution in [2.24, 2.45) is 0 Å². The van der Waals surface area contributed by atoms with Crippen LogP contribution in [0.3, 0.4) is 0 Å². The minimum absolute atomic E-state index is 0.0791. The molecule has 2 aromatic rings. The van der Waals surface area contributed by atoms with E-state index < -0.39 is 0 Å². The van der Waals surface area contributed by atoms with Gasteiger partial charge in [0, 0.05) is 49.7 Å².